The van der Waals surface area contributed by atoms with Crippen molar-refractivity contribution in [2.45, 2.75) is 42.7 Å². The molecule has 2 aromatic carbocycles. The third-order valence-electron chi connectivity index (χ3n) is 6.22. The summed E-state index contributed by atoms with van der Waals surface area (Å²) >= 11 is 1.24. The number of rotatable bonds is 11. The maximum absolute atomic E-state index is 13.0. The number of amides is 1. The molecular weight excluding hydrogens is 526 g/mol. The fourth-order valence-corrected chi connectivity index (χ4v) is 6.56. The van der Waals surface area contributed by atoms with Gasteiger partial charge < -0.3 is 10.1 Å². The highest BCUT2D eigenvalue weighted by atomic mass is 32.2. The van der Waals surface area contributed by atoms with Crippen LogP contribution in [0.25, 0.3) is 5.69 Å². The lowest BCUT2D eigenvalue weighted by molar-refractivity contribution is -0.118. The van der Waals surface area contributed by atoms with Crippen molar-refractivity contribution in [1.29, 1.82) is 0 Å². The topological polar surface area (TPSA) is 123 Å². The minimum Gasteiger partial charge on any atom is -0.497 e. The predicted molar refractivity (Wildman–Crippen MR) is 144 cm³/mol. The second kappa shape index (κ2) is 12.5. The molecule has 0 aliphatic carbocycles. The van der Waals surface area contributed by atoms with Gasteiger partial charge in [-0.15, -0.1) is 10.2 Å². The van der Waals surface area contributed by atoms with Crippen molar-refractivity contribution in [1.82, 2.24) is 24.4 Å². The standard InChI is InChI=1S/C26H31N5O5S2/c1-19(32)27-15-14-25-28-29-26(31(25)21-8-10-22(36-2)11-9-21)37-18-24(33)20-6-12-23(13-7-20)38(34,35)30-16-4-3-5-17-30/h6-13H,3-5,14-18H2,1-2H3,(H,27,32). The van der Waals surface area contributed by atoms with Crippen LogP contribution in [-0.4, -0.2) is 71.7 Å². The van der Waals surface area contributed by atoms with Gasteiger partial charge in [0.05, 0.1) is 17.8 Å². The van der Waals surface area contributed by atoms with E-state index in [2.05, 4.69) is 15.5 Å². The molecule has 10 nitrogen and oxygen atoms in total. The summed E-state index contributed by atoms with van der Waals surface area (Å²) in [4.78, 5) is 24.5. The molecule has 0 spiro atoms. The maximum Gasteiger partial charge on any atom is 0.243 e. The average molecular weight is 558 g/mol. The second-order valence-electron chi connectivity index (χ2n) is 8.87. The van der Waals surface area contributed by atoms with Crippen LogP contribution in [0.15, 0.2) is 58.6 Å². The molecule has 0 saturated carbocycles. The number of nitrogens with one attached hydrogen (secondary N) is 1. The monoisotopic (exact) mass is 557 g/mol. The molecule has 0 unspecified atom stereocenters. The lowest BCUT2D eigenvalue weighted by Gasteiger charge is -2.25. The summed E-state index contributed by atoms with van der Waals surface area (Å²) in [6, 6.07) is 13.5. The molecule has 1 aliphatic rings. The Labute approximate surface area is 226 Å². The molecule has 3 aromatic rings. The van der Waals surface area contributed by atoms with Crippen LogP contribution in [-0.2, 0) is 21.2 Å². The highest BCUT2D eigenvalue weighted by Gasteiger charge is 2.26. The number of ether oxygens (including phenoxy) is 1. The minimum atomic E-state index is -3.55. The van der Waals surface area contributed by atoms with Crippen LogP contribution in [0.2, 0.25) is 0 Å². The number of piperidine rings is 1. The summed E-state index contributed by atoms with van der Waals surface area (Å²) < 4.78 is 34.4. The first-order valence-corrected chi connectivity index (χ1v) is 14.8. The van der Waals surface area contributed by atoms with Crippen molar-refractivity contribution >= 4 is 33.5 Å². The van der Waals surface area contributed by atoms with E-state index in [1.54, 1.807) is 19.2 Å². The molecule has 1 amide bonds. The zero-order chi connectivity index (χ0) is 27.1. The molecule has 202 valence electrons. The van der Waals surface area contributed by atoms with Crippen LogP contribution >= 0.6 is 11.8 Å². The maximum atomic E-state index is 13.0. The first kappa shape index (κ1) is 27.8. The molecule has 38 heavy (non-hydrogen) atoms. The van der Waals surface area contributed by atoms with E-state index in [-0.39, 0.29) is 22.3 Å². The van der Waals surface area contributed by atoms with Crippen LogP contribution in [0, 0.1) is 0 Å². The number of sulfonamides is 1. The number of hydrogen-bond acceptors (Lipinski definition) is 8. The fourth-order valence-electron chi connectivity index (χ4n) is 4.18. The lowest BCUT2D eigenvalue weighted by Crippen LogP contribution is -2.35. The number of hydrogen-bond donors (Lipinski definition) is 1. The number of carbonyl (C=O) groups is 2. The Bertz CT molecular complexity index is 1370. The SMILES string of the molecule is COc1ccc(-n2c(CCNC(C)=O)nnc2SCC(=O)c2ccc(S(=O)(=O)N3CCCCC3)cc2)cc1. The van der Waals surface area contributed by atoms with Gasteiger partial charge in [0.2, 0.25) is 15.9 Å². The predicted octanol–water partition coefficient (Wildman–Crippen LogP) is 3.10. The number of aromatic nitrogens is 3. The third-order valence-corrected chi connectivity index (χ3v) is 9.06. The van der Waals surface area contributed by atoms with Gasteiger partial charge in [0.15, 0.2) is 10.9 Å². The van der Waals surface area contributed by atoms with Crippen LogP contribution in [0.3, 0.4) is 0 Å². The summed E-state index contributed by atoms with van der Waals surface area (Å²) in [6.07, 6.45) is 3.23. The minimum absolute atomic E-state index is 0.0954. The Balaban J connectivity index is 1.48. The quantitative estimate of drug-likeness (QED) is 0.282. The van der Waals surface area contributed by atoms with Crippen molar-refractivity contribution in [3.05, 3.63) is 59.9 Å². The first-order valence-electron chi connectivity index (χ1n) is 12.4. The van der Waals surface area contributed by atoms with Crippen LogP contribution in [0.1, 0.15) is 42.4 Å². The largest absolute Gasteiger partial charge is 0.497 e. The average Bonchev–Trinajstić information content (AvgIpc) is 3.34. The number of carbonyl (C=O) groups excluding carboxylic acids is 2. The van der Waals surface area contributed by atoms with Gasteiger partial charge in [-0.1, -0.05) is 30.3 Å². The van der Waals surface area contributed by atoms with Crippen molar-refractivity contribution in [2.75, 3.05) is 32.5 Å². The van der Waals surface area contributed by atoms with E-state index in [0.717, 1.165) is 24.9 Å². The normalized spacial score (nSPS) is 14.3. The summed E-state index contributed by atoms with van der Waals surface area (Å²) in [5.74, 6) is 1.16. The molecule has 1 fully saturated rings. The summed E-state index contributed by atoms with van der Waals surface area (Å²) in [7, 11) is -1.96. The Morgan fingerprint density at radius 2 is 1.68 bits per heavy atom. The summed E-state index contributed by atoms with van der Waals surface area (Å²) in [5, 5.41) is 11.9. The van der Waals surface area contributed by atoms with Crippen molar-refractivity contribution in [3.8, 4) is 11.4 Å². The van der Waals surface area contributed by atoms with Crippen molar-refractivity contribution in [2.24, 2.45) is 0 Å². The van der Waals surface area contributed by atoms with E-state index in [0.29, 0.717) is 48.3 Å². The molecular formula is C26H31N5O5S2. The smallest absolute Gasteiger partial charge is 0.243 e. The number of ketones is 1. The highest BCUT2D eigenvalue weighted by Crippen LogP contribution is 2.26. The molecule has 1 aliphatic heterocycles. The van der Waals surface area contributed by atoms with Gasteiger partial charge in [-0.25, -0.2) is 8.42 Å². The number of thioether (sulfide) groups is 1. The zero-order valence-electron chi connectivity index (χ0n) is 21.4. The molecule has 0 radical (unpaired) electrons. The second-order valence-corrected chi connectivity index (χ2v) is 11.7. The van der Waals surface area contributed by atoms with E-state index in [9.17, 15) is 18.0 Å². The molecule has 1 aromatic heterocycles. The van der Waals surface area contributed by atoms with Gasteiger partial charge in [0.25, 0.3) is 0 Å². The lowest BCUT2D eigenvalue weighted by atomic mass is 10.1. The summed E-state index contributed by atoms with van der Waals surface area (Å²) in [6.45, 7) is 2.92. The number of Topliss-reactive ketones (excluding diaryl/α,β-unsaturated/α-hetero) is 1. The van der Waals surface area contributed by atoms with Crippen LogP contribution < -0.4 is 10.1 Å². The van der Waals surface area contributed by atoms with Gasteiger partial charge in [0.1, 0.15) is 11.6 Å². The molecule has 0 atom stereocenters. The van der Waals surface area contributed by atoms with E-state index in [1.165, 1.54) is 35.1 Å². The van der Waals surface area contributed by atoms with Crippen molar-refractivity contribution in [3.63, 3.8) is 0 Å². The molecule has 1 N–H and O–H groups in total. The number of benzene rings is 2. The fraction of sp³-hybridized carbons (Fsp3) is 0.385. The Morgan fingerprint density at radius 1 is 1.00 bits per heavy atom. The molecule has 2 heterocycles. The van der Waals surface area contributed by atoms with Crippen LogP contribution in [0.5, 0.6) is 5.75 Å². The molecule has 0 bridgehead atoms. The van der Waals surface area contributed by atoms with E-state index in [4.69, 9.17) is 4.74 Å². The number of methoxy groups -OCH3 is 1. The Kier molecular flexibility index (Phi) is 9.18. The van der Waals surface area contributed by atoms with E-state index < -0.39 is 10.0 Å². The first-order chi connectivity index (χ1) is 18.3. The Hall–Kier alpha value is -3.22. The van der Waals surface area contributed by atoms with Gasteiger partial charge in [-0.2, -0.15) is 4.31 Å². The molecule has 12 heteroatoms. The van der Waals surface area contributed by atoms with Gasteiger partial charge in [-0.05, 0) is 49.2 Å². The molecule has 4 rings (SSSR count). The highest BCUT2D eigenvalue weighted by molar-refractivity contribution is 7.99. The molecule has 1 saturated heterocycles. The van der Waals surface area contributed by atoms with Crippen LogP contribution in [0.4, 0.5) is 0 Å². The Morgan fingerprint density at radius 3 is 2.32 bits per heavy atom. The zero-order valence-corrected chi connectivity index (χ0v) is 23.1. The summed E-state index contributed by atoms with van der Waals surface area (Å²) in [5.41, 5.74) is 1.23. The number of nitrogens with zero attached hydrogens (tertiary/aromatic N) is 4. The van der Waals surface area contributed by atoms with E-state index >= 15 is 0 Å². The van der Waals surface area contributed by atoms with Gasteiger partial charge >= 0.3 is 0 Å². The van der Waals surface area contributed by atoms with E-state index in [1.807, 2.05) is 28.8 Å². The van der Waals surface area contributed by atoms with Crippen molar-refractivity contribution < 1.29 is 22.7 Å². The van der Waals surface area contributed by atoms with Gasteiger partial charge in [0, 0.05) is 44.2 Å². The van der Waals surface area contributed by atoms with Gasteiger partial charge in [-0.3, -0.25) is 14.2 Å². The third kappa shape index (κ3) is 6.61.